The molecule has 0 N–H and O–H groups in total. The van der Waals surface area contributed by atoms with Crippen LogP contribution in [0.5, 0.6) is 0 Å². The van der Waals surface area contributed by atoms with Gasteiger partial charge in [-0.2, -0.15) is 13.2 Å². The van der Waals surface area contributed by atoms with Gasteiger partial charge in [0.2, 0.25) is 0 Å². The molecule has 0 aromatic carbocycles. The molecule has 0 rings (SSSR count). The zero-order valence-electron chi connectivity index (χ0n) is 6.17. The zero-order valence-corrected chi connectivity index (χ0v) is 6.92. The lowest BCUT2D eigenvalue weighted by molar-refractivity contribution is -0.0798. The van der Waals surface area contributed by atoms with Gasteiger partial charge in [-0.1, -0.05) is 17.7 Å². The van der Waals surface area contributed by atoms with E-state index in [-0.39, 0.29) is 6.08 Å². The van der Waals surface area contributed by atoms with Crippen LogP contribution < -0.4 is 0 Å². The highest BCUT2D eigenvalue weighted by Crippen LogP contribution is 2.18. The monoisotopic (exact) mass is 184 g/mol. The average Bonchev–Trinajstić information content (AvgIpc) is 1.80. The number of rotatable bonds is 1. The first-order chi connectivity index (χ1) is 4.83. The summed E-state index contributed by atoms with van der Waals surface area (Å²) in [6.07, 6.45) is -3.15. The van der Waals surface area contributed by atoms with E-state index in [1.165, 1.54) is 13.8 Å². The quantitative estimate of drug-likeness (QED) is 0.546. The van der Waals surface area contributed by atoms with Crippen LogP contribution in [-0.4, -0.2) is 6.18 Å². The molecule has 0 aromatic heterocycles. The van der Waals surface area contributed by atoms with Gasteiger partial charge in [-0.15, -0.1) is 0 Å². The van der Waals surface area contributed by atoms with Gasteiger partial charge in [0.25, 0.3) is 0 Å². The van der Waals surface area contributed by atoms with E-state index in [2.05, 4.69) is 0 Å². The second kappa shape index (κ2) is 3.81. The van der Waals surface area contributed by atoms with Crippen molar-refractivity contribution in [1.29, 1.82) is 0 Å². The smallest absolute Gasteiger partial charge is 0.167 e. The minimum atomic E-state index is -4.26. The fraction of sp³-hybridized carbons (Fsp3) is 0.429. The van der Waals surface area contributed by atoms with E-state index < -0.39 is 6.18 Å². The maximum absolute atomic E-state index is 11.5. The number of hydrogen-bond acceptors (Lipinski definition) is 0. The second-order valence-corrected chi connectivity index (χ2v) is 2.66. The maximum Gasteiger partial charge on any atom is 0.409 e. The molecule has 0 aliphatic carbocycles. The summed E-state index contributed by atoms with van der Waals surface area (Å²) < 4.78 is 34.6. The Morgan fingerprint density at radius 2 is 1.73 bits per heavy atom. The minimum absolute atomic E-state index is 0.161. The molecule has 0 saturated heterocycles. The molecule has 0 atom stereocenters. The highest BCUT2D eigenvalue weighted by molar-refractivity contribution is 6.29. The van der Waals surface area contributed by atoms with E-state index in [9.17, 15) is 13.2 Å². The van der Waals surface area contributed by atoms with Crippen LogP contribution in [0, 0.1) is 0 Å². The summed E-state index contributed by atoms with van der Waals surface area (Å²) >= 11 is 5.42. The number of hydrogen-bond donors (Lipinski definition) is 0. The van der Waals surface area contributed by atoms with Gasteiger partial charge in [-0.25, -0.2) is 0 Å². The van der Waals surface area contributed by atoms with Crippen molar-refractivity contribution < 1.29 is 13.2 Å². The zero-order chi connectivity index (χ0) is 9.07. The molecule has 11 heavy (non-hydrogen) atoms. The van der Waals surface area contributed by atoms with Crippen LogP contribution in [0.25, 0.3) is 0 Å². The van der Waals surface area contributed by atoms with Gasteiger partial charge in [0, 0.05) is 11.1 Å². The molecular formula is C7H8ClF3. The van der Waals surface area contributed by atoms with Crippen molar-refractivity contribution in [2.75, 3.05) is 0 Å². The van der Waals surface area contributed by atoms with Crippen LogP contribution in [0.1, 0.15) is 13.8 Å². The minimum Gasteiger partial charge on any atom is -0.167 e. The highest BCUT2D eigenvalue weighted by atomic mass is 35.5. The Morgan fingerprint density at radius 1 is 1.27 bits per heavy atom. The Hall–Kier alpha value is -0.440. The standard InChI is InChI=1S/C7H8ClF3/c1-5(6(2)8)3-4-7(9,10)11/h3-4H,1-2H3/b4-3+,6-5+. The molecule has 64 valence electrons. The molecule has 0 aliphatic rings. The van der Waals surface area contributed by atoms with E-state index in [0.29, 0.717) is 10.6 Å². The van der Waals surface area contributed by atoms with Crippen LogP contribution in [0.3, 0.4) is 0 Å². The SMILES string of the molecule is C/C(Cl)=C(C)\C=C\C(F)(F)F. The third-order valence-corrected chi connectivity index (χ3v) is 1.36. The van der Waals surface area contributed by atoms with Crippen molar-refractivity contribution in [3.8, 4) is 0 Å². The Balaban J connectivity index is 4.27. The predicted molar refractivity (Wildman–Crippen MR) is 39.4 cm³/mol. The molecular weight excluding hydrogens is 177 g/mol. The van der Waals surface area contributed by atoms with Crippen molar-refractivity contribution in [2.45, 2.75) is 20.0 Å². The first-order valence-electron chi connectivity index (χ1n) is 2.92. The lowest BCUT2D eigenvalue weighted by Gasteiger charge is -1.97. The maximum atomic E-state index is 11.5. The first kappa shape index (κ1) is 10.6. The molecule has 4 heteroatoms. The largest absolute Gasteiger partial charge is 0.409 e. The lowest BCUT2D eigenvalue weighted by Crippen LogP contribution is -2.00. The molecule has 0 saturated carbocycles. The van der Waals surface area contributed by atoms with E-state index in [0.717, 1.165) is 6.08 Å². The Labute approximate surface area is 68.3 Å². The molecule has 0 bridgehead atoms. The third-order valence-electron chi connectivity index (χ3n) is 1.07. The van der Waals surface area contributed by atoms with Crippen LogP contribution in [0.4, 0.5) is 13.2 Å². The third kappa shape index (κ3) is 5.98. The molecule has 0 radical (unpaired) electrons. The van der Waals surface area contributed by atoms with Crippen LogP contribution in [0.2, 0.25) is 0 Å². The first-order valence-corrected chi connectivity index (χ1v) is 3.29. The molecule has 0 spiro atoms. The molecule has 0 nitrogen and oxygen atoms in total. The van der Waals surface area contributed by atoms with E-state index in [4.69, 9.17) is 11.6 Å². The molecule has 0 aromatic rings. The van der Waals surface area contributed by atoms with Gasteiger partial charge in [-0.3, -0.25) is 0 Å². The summed E-state index contributed by atoms with van der Waals surface area (Å²) in [5.41, 5.74) is 0.420. The Morgan fingerprint density at radius 3 is 2.00 bits per heavy atom. The highest BCUT2D eigenvalue weighted by Gasteiger charge is 2.21. The molecule has 0 heterocycles. The normalized spacial score (nSPS) is 15.5. The van der Waals surface area contributed by atoms with E-state index in [1.807, 2.05) is 0 Å². The van der Waals surface area contributed by atoms with Gasteiger partial charge in [-0.05, 0) is 19.4 Å². The van der Waals surface area contributed by atoms with Gasteiger partial charge >= 0.3 is 6.18 Å². The fourth-order valence-electron chi connectivity index (χ4n) is 0.334. The molecule has 0 aliphatic heterocycles. The van der Waals surface area contributed by atoms with Crippen molar-refractivity contribution in [1.82, 2.24) is 0 Å². The number of alkyl halides is 3. The van der Waals surface area contributed by atoms with Crippen molar-refractivity contribution in [2.24, 2.45) is 0 Å². The fourth-order valence-corrected chi connectivity index (χ4v) is 0.397. The summed E-state index contributed by atoms with van der Waals surface area (Å²) in [5.74, 6) is 0. The van der Waals surface area contributed by atoms with Gasteiger partial charge in [0.15, 0.2) is 0 Å². The molecule has 0 amide bonds. The van der Waals surface area contributed by atoms with E-state index >= 15 is 0 Å². The lowest BCUT2D eigenvalue weighted by atomic mass is 10.2. The summed E-state index contributed by atoms with van der Waals surface area (Å²) in [5, 5.41) is 0.366. The van der Waals surface area contributed by atoms with Crippen molar-refractivity contribution in [3.05, 3.63) is 22.8 Å². The van der Waals surface area contributed by atoms with Gasteiger partial charge in [0.05, 0.1) is 0 Å². The van der Waals surface area contributed by atoms with Crippen molar-refractivity contribution in [3.63, 3.8) is 0 Å². The average molecular weight is 185 g/mol. The predicted octanol–water partition coefficient (Wildman–Crippen LogP) is 3.64. The van der Waals surface area contributed by atoms with Crippen LogP contribution in [-0.2, 0) is 0 Å². The summed E-state index contributed by atoms with van der Waals surface area (Å²) in [6.45, 7) is 3.06. The van der Waals surface area contributed by atoms with Gasteiger partial charge < -0.3 is 0 Å². The van der Waals surface area contributed by atoms with Crippen LogP contribution >= 0.6 is 11.6 Å². The summed E-state index contributed by atoms with van der Waals surface area (Å²) in [6, 6.07) is 0. The van der Waals surface area contributed by atoms with Crippen LogP contribution in [0.15, 0.2) is 22.8 Å². The molecule has 0 fully saturated rings. The summed E-state index contributed by atoms with van der Waals surface area (Å²) in [4.78, 5) is 0. The second-order valence-electron chi connectivity index (χ2n) is 2.09. The Kier molecular flexibility index (Phi) is 3.66. The Bertz CT molecular complexity index is 184. The van der Waals surface area contributed by atoms with Gasteiger partial charge in [0.1, 0.15) is 0 Å². The summed E-state index contributed by atoms with van der Waals surface area (Å²) in [7, 11) is 0. The van der Waals surface area contributed by atoms with Crippen molar-refractivity contribution >= 4 is 11.6 Å². The number of halogens is 4. The van der Waals surface area contributed by atoms with E-state index in [1.54, 1.807) is 0 Å². The topological polar surface area (TPSA) is 0 Å². The molecule has 0 unspecified atom stereocenters. The number of allylic oxidation sites excluding steroid dienone is 4.